The van der Waals surface area contributed by atoms with Crippen LogP contribution in [0.5, 0.6) is 5.75 Å². The lowest BCUT2D eigenvalue weighted by Gasteiger charge is -2.24. The SMILES string of the molecule is NC(=O)CCC1(Cc2ccc(OCc3cccc(Cl)c3)cc2)C=CC=N1. The van der Waals surface area contributed by atoms with Crippen molar-refractivity contribution in [2.24, 2.45) is 10.7 Å². The smallest absolute Gasteiger partial charge is 0.217 e. The van der Waals surface area contributed by atoms with Crippen LogP contribution in [0.4, 0.5) is 0 Å². The molecule has 0 spiro atoms. The number of amides is 1. The molecule has 134 valence electrons. The Labute approximate surface area is 158 Å². The third kappa shape index (κ3) is 4.96. The zero-order valence-corrected chi connectivity index (χ0v) is 15.2. The van der Waals surface area contributed by atoms with Crippen LogP contribution in [-0.4, -0.2) is 17.7 Å². The van der Waals surface area contributed by atoms with Gasteiger partial charge in [-0.2, -0.15) is 0 Å². The molecule has 0 saturated heterocycles. The number of halogens is 1. The summed E-state index contributed by atoms with van der Waals surface area (Å²) in [7, 11) is 0. The van der Waals surface area contributed by atoms with Crippen molar-refractivity contribution in [3.63, 3.8) is 0 Å². The van der Waals surface area contributed by atoms with Crippen molar-refractivity contribution in [2.45, 2.75) is 31.4 Å². The van der Waals surface area contributed by atoms with E-state index < -0.39 is 0 Å². The highest BCUT2D eigenvalue weighted by molar-refractivity contribution is 6.30. The Balaban J connectivity index is 1.61. The molecule has 5 heteroatoms. The molecule has 3 rings (SSSR count). The fourth-order valence-corrected chi connectivity index (χ4v) is 3.20. The fourth-order valence-electron chi connectivity index (χ4n) is 2.99. The molecule has 1 amide bonds. The lowest BCUT2D eigenvalue weighted by Crippen LogP contribution is -2.27. The number of allylic oxidation sites excluding steroid dienone is 1. The summed E-state index contributed by atoms with van der Waals surface area (Å²) in [4.78, 5) is 15.7. The molecule has 0 saturated carbocycles. The van der Waals surface area contributed by atoms with Gasteiger partial charge in [-0.3, -0.25) is 9.79 Å². The van der Waals surface area contributed by atoms with Crippen LogP contribution in [0.1, 0.15) is 24.0 Å². The van der Waals surface area contributed by atoms with Gasteiger partial charge in [-0.05, 0) is 47.9 Å². The zero-order valence-electron chi connectivity index (χ0n) is 14.4. The summed E-state index contributed by atoms with van der Waals surface area (Å²) in [6.45, 7) is 0.468. The van der Waals surface area contributed by atoms with Gasteiger partial charge in [-0.25, -0.2) is 0 Å². The van der Waals surface area contributed by atoms with E-state index in [4.69, 9.17) is 22.1 Å². The Morgan fingerprint density at radius 3 is 2.62 bits per heavy atom. The Hall–Kier alpha value is -2.59. The van der Waals surface area contributed by atoms with Crippen LogP contribution in [0.2, 0.25) is 5.02 Å². The number of nitrogens with zero attached hydrogens (tertiary/aromatic N) is 1. The highest BCUT2D eigenvalue weighted by Gasteiger charge is 2.28. The number of nitrogens with two attached hydrogens (primary N) is 1. The number of benzene rings is 2. The number of carbonyl (C=O) groups excluding carboxylic acids is 1. The molecule has 0 aliphatic carbocycles. The molecule has 0 aromatic heterocycles. The normalized spacial score (nSPS) is 18.2. The first-order valence-corrected chi connectivity index (χ1v) is 8.90. The molecule has 1 atom stereocenters. The monoisotopic (exact) mass is 368 g/mol. The largest absolute Gasteiger partial charge is 0.489 e. The average molecular weight is 369 g/mol. The summed E-state index contributed by atoms with van der Waals surface area (Å²) in [6, 6.07) is 15.6. The van der Waals surface area contributed by atoms with Crippen molar-refractivity contribution in [1.29, 1.82) is 0 Å². The van der Waals surface area contributed by atoms with Crippen molar-refractivity contribution in [2.75, 3.05) is 0 Å². The molecule has 1 aliphatic rings. The van der Waals surface area contributed by atoms with E-state index in [2.05, 4.69) is 4.99 Å². The van der Waals surface area contributed by atoms with E-state index in [0.717, 1.165) is 23.3 Å². The van der Waals surface area contributed by atoms with Crippen LogP contribution in [0.25, 0.3) is 0 Å². The predicted molar refractivity (Wildman–Crippen MR) is 105 cm³/mol. The van der Waals surface area contributed by atoms with Gasteiger partial charge in [0.25, 0.3) is 0 Å². The number of carbonyl (C=O) groups is 1. The molecule has 2 N–H and O–H groups in total. The topological polar surface area (TPSA) is 64.7 Å². The van der Waals surface area contributed by atoms with Gasteiger partial charge in [0.2, 0.25) is 5.91 Å². The van der Waals surface area contributed by atoms with E-state index in [1.165, 1.54) is 0 Å². The predicted octanol–water partition coefficient (Wildman–Crippen LogP) is 4.11. The first-order chi connectivity index (χ1) is 12.5. The maximum atomic E-state index is 11.1. The van der Waals surface area contributed by atoms with E-state index in [1.54, 1.807) is 6.21 Å². The maximum Gasteiger partial charge on any atom is 0.217 e. The number of hydrogen-bond donors (Lipinski definition) is 1. The number of ether oxygens (including phenoxy) is 1. The van der Waals surface area contributed by atoms with E-state index in [9.17, 15) is 4.79 Å². The first kappa shape index (κ1) is 18.2. The van der Waals surface area contributed by atoms with Crippen molar-refractivity contribution in [3.8, 4) is 5.75 Å². The summed E-state index contributed by atoms with van der Waals surface area (Å²) >= 11 is 5.99. The molecule has 1 aliphatic heterocycles. The van der Waals surface area contributed by atoms with Crippen LogP contribution >= 0.6 is 11.6 Å². The molecule has 1 unspecified atom stereocenters. The molecule has 4 nitrogen and oxygen atoms in total. The lowest BCUT2D eigenvalue weighted by atomic mass is 9.87. The van der Waals surface area contributed by atoms with Crippen molar-refractivity contribution >= 4 is 23.7 Å². The minimum atomic E-state index is -0.377. The van der Waals surface area contributed by atoms with Crippen LogP contribution in [0.15, 0.2) is 65.7 Å². The summed E-state index contributed by atoms with van der Waals surface area (Å²) in [6.07, 6.45) is 7.40. The second-order valence-corrected chi connectivity index (χ2v) is 6.88. The van der Waals surface area contributed by atoms with Crippen LogP contribution in [0, 0.1) is 0 Å². The maximum absolute atomic E-state index is 11.1. The minimum absolute atomic E-state index is 0.301. The van der Waals surface area contributed by atoms with E-state index in [0.29, 0.717) is 24.5 Å². The first-order valence-electron chi connectivity index (χ1n) is 8.52. The molecule has 2 aromatic carbocycles. The number of primary amides is 1. The van der Waals surface area contributed by atoms with Gasteiger partial charge in [0, 0.05) is 24.1 Å². The summed E-state index contributed by atoms with van der Waals surface area (Å²) < 4.78 is 5.81. The van der Waals surface area contributed by atoms with Gasteiger partial charge >= 0.3 is 0 Å². The Kier molecular flexibility index (Phi) is 5.74. The Morgan fingerprint density at radius 1 is 1.15 bits per heavy atom. The van der Waals surface area contributed by atoms with Gasteiger partial charge in [-0.15, -0.1) is 0 Å². The van der Waals surface area contributed by atoms with Gasteiger partial charge in [0.05, 0.1) is 5.54 Å². The summed E-state index contributed by atoms with van der Waals surface area (Å²) in [5.41, 5.74) is 7.07. The molecule has 0 radical (unpaired) electrons. The molecule has 0 fully saturated rings. The van der Waals surface area contributed by atoms with Gasteiger partial charge < -0.3 is 10.5 Å². The quantitative estimate of drug-likeness (QED) is 0.762. The van der Waals surface area contributed by atoms with E-state index >= 15 is 0 Å². The second kappa shape index (κ2) is 8.19. The Morgan fingerprint density at radius 2 is 1.96 bits per heavy atom. The van der Waals surface area contributed by atoms with Crippen LogP contribution in [-0.2, 0) is 17.8 Å². The molecule has 1 heterocycles. The van der Waals surface area contributed by atoms with Gasteiger partial charge in [-0.1, -0.05) is 41.9 Å². The van der Waals surface area contributed by atoms with Crippen LogP contribution < -0.4 is 10.5 Å². The zero-order chi connectivity index (χ0) is 18.4. The number of rotatable bonds is 8. The van der Waals surface area contributed by atoms with E-state index in [-0.39, 0.29) is 11.4 Å². The summed E-state index contributed by atoms with van der Waals surface area (Å²) in [5.74, 6) is 0.495. The highest BCUT2D eigenvalue weighted by Crippen LogP contribution is 2.29. The third-order valence-corrected chi connectivity index (χ3v) is 4.59. The molecule has 0 bridgehead atoms. The lowest BCUT2D eigenvalue weighted by molar-refractivity contribution is -0.118. The standard InChI is InChI=1S/C21H21ClN2O2/c22-18-4-1-3-17(13-18)15-26-19-7-5-16(6-8-19)14-21(10-2-12-24-21)11-9-20(23)25/h1-8,10,12-13H,9,11,14-15H2,(H2,23,25). The second-order valence-electron chi connectivity index (χ2n) is 6.45. The average Bonchev–Trinajstić information content (AvgIpc) is 3.08. The molecular weight excluding hydrogens is 348 g/mol. The molecule has 2 aromatic rings. The fraction of sp³-hybridized carbons (Fsp3) is 0.238. The molecule has 26 heavy (non-hydrogen) atoms. The van der Waals surface area contributed by atoms with E-state index in [1.807, 2.05) is 60.7 Å². The third-order valence-electron chi connectivity index (χ3n) is 4.36. The number of hydrogen-bond acceptors (Lipinski definition) is 3. The van der Waals surface area contributed by atoms with Gasteiger partial charge in [0.15, 0.2) is 0 Å². The number of aliphatic imine (C=N–C) groups is 1. The van der Waals surface area contributed by atoms with Crippen molar-refractivity contribution < 1.29 is 9.53 Å². The van der Waals surface area contributed by atoms with Crippen molar-refractivity contribution in [1.82, 2.24) is 0 Å². The van der Waals surface area contributed by atoms with Crippen molar-refractivity contribution in [3.05, 3.63) is 76.8 Å². The minimum Gasteiger partial charge on any atom is -0.489 e. The van der Waals surface area contributed by atoms with Gasteiger partial charge in [0.1, 0.15) is 12.4 Å². The molecular formula is C21H21ClN2O2. The summed E-state index contributed by atoms with van der Waals surface area (Å²) in [5, 5.41) is 0.702. The van der Waals surface area contributed by atoms with Crippen LogP contribution in [0.3, 0.4) is 0 Å². The Bertz CT molecular complexity index is 816. The highest BCUT2D eigenvalue weighted by atomic mass is 35.5.